The molecule has 3 nitrogen and oxygen atoms in total. The molecule has 0 amide bonds. The van der Waals surface area contributed by atoms with E-state index in [-0.39, 0.29) is 0 Å². The molecular weight excluding hydrogens is 242 g/mol. The predicted octanol–water partition coefficient (Wildman–Crippen LogP) is 3.25. The van der Waals surface area contributed by atoms with E-state index in [0.717, 1.165) is 31.0 Å². The summed E-state index contributed by atoms with van der Waals surface area (Å²) in [6.45, 7) is 5.15. The zero-order chi connectivity index (χ0) is 12.0. The highest BCUT2D eigenvalue weighted by molar-refractivity contribution is 7.99. The van der Waals surface area contributed by atoms with Crippen molar-refractivity contribution in [3.8, 4) is 0 Å². The topological polar surface area (TPSA) is 37.8 Å². The van der Waals surface area contributed by atoms with Crippen LogP contribution in [0.3, 0.4) is 0 Å². The van der Waals surface area contributed by atoms with Crippen molar-refractivity contribution in [2.75, 3.05) is 18.1 Å². The first-order chi connectivity index (χ1) is 7.65. The van der Waals surface area contributed by atoms with E-state index in [0.29, 0.717) is 10.4 Å². The number of aryl methyl sites for hydroxylation is 1. The average molecular weight is 260 g/mol. The third-order valence-corrected chi connectivity index (χ3v) is 3.55. The maximum Gasteiger partial charge on any atom is 0.134 e. The minimum Gasteiger partial charge on any atom is -0.370 e. The van der Waals surface area contributed by atoms with Gasteiger partial charge < -0.3 is 5.32 Å². The molecule has 5 heteroatoms. The van der Waals surface area contributed by atoms with Crippen LogP contribution in [0.15, 0.2) is 6.07 Å². The Labute approximate surface area is 106 Å². The monoisotopic (exact) mass is 259 g/mol. The number of halogens is 1. The molecule has 0 radical (unpaired) electrons. The number of aromatic nitrogens is 2. The second kappa shape index (κ2) is 6.97. The molecule has 1 unspecified atom stereocenters. The van der Waals surface area contributed by atoms with Crippen molar-refractivity contribution >= 4 is 29.2 Å². The van der Waals surface area contributed by atoms with E-state index in [4.69, 9.17) is 11.6 Å². The third-order valence-electron chi connectivity index (χ3n) is 2.32. The summed E-state index contributed by atoms with van der Waals surface area (Å²) in [5, 5.41) is 4.45. The van der Waals surface area contributed by atoms with E-state index in [1.165, 1.54) is 0 Å². The van der Waals surface area contributed by atoms with Crippen molar-refractivity contribution in [1.29, 1.82) is 0 Å². The molecule has 0 spiro atoms. The Kier molecular flexibility index (Phi) is 5.91. The molecule has 0 aliphatic carbocycles. The number of nitrogens with one attached hydrogen (secondary N) is 1. The Morgan fingerprint density at radius 3 is 2.88 bits per heavy atom. The number of anilines is 1. The van der Waals surface area contributed by atoms with E-state index >= 15 is 0 Å². The van der Waals surface area contributed by atoms with E-state index in [9.17, 15) is 0 Å². The van der Waals surface area contributed by atoms with Crippen LogP contribution < -0.4 is 5.32 Å². The van der Waals surface area contributed by atoms with E-state index in [1.54, 1.807) is 6.07 Å². The van der Waals surface area contributed by atoms with E-state index < -0.39 is 0 Å². The summed E-state index contributed by atoms with van der Waals surface area (Å²) in [5.41, 5.74) is 0. The maximum absolute atomic E-state index is 5.90. The number of hydrogen-bond acceptors (Lipinski definition) is 4. The maximum atomic E-state index is 5.90. The third kappa shape index (κ3) is 4.58. The van der Waals surface area contributed by atoms with Gasteiger partial charge in [-0.05, 0) is 12.7 Å². The van der Waals surface area contributed by atoms with Gasteiger partial charge in [0.05, 0.1) is 0 Å². The van der Waals surface area contributed by atoms with Crippen LogP contribution in [0.1, 0.15) is 26.1 Å². The number of thioether (sulfide) groups is 1. The zero-order valence-electron chi connectivity index (χ0n) is 9.96. The van der Waals surface area contributed by atoms with Gasteiger partial charge in [0.1, 0.15) is 16.8 Å². The Balaban J connectivity index is 2.50. The molecule has 0 aromatic carbocycles. The summed E-state index contributed by atoms with van der Waals surface area (Å²) in [5.74, 6) is 1.61. The molecule has 0 aliphatic heterocycles. The number of nitrogens with zero attached hydrogens (tertiary/aromatic N) is 2. The Morgan fingerprint density at radius 1 is 1.50 bits per heavy atom. The molecule has 90 valence electrons. The molecule has 0 fully saturated rings. The SMILES string of the molecule is CCc1nc(Cl)cc(NCCC(C)SC)n1. The number of rotatable bonds is 6. The molecule has 1 N–H and O–H groups in total. The molecule has 1 atom stereocenters. The summed E-state index contributed by atoms with van der Waals surface area (Å²) in [6, 6.07) is 1.77. The smallest absolute Gasteiger partial charge is 0.134 e. The Bertz CT molecular complexity index is 333. The van der Waals surface area contributed by atoms with Crippen molar-refractivity contribution in [2.24, 2.45) is 0 Å². The van der Waals surface area contributed by atoms with Crippen LogP contribution in [0.25, 0.3) is 0 Å². The van der Waals surface area contributed by atoms with Gasteiger partial charge in [0, 0.05) is 24.3 Å². The van der Waals surface area contributed by atoms with Gasteiger partial charge in [-0.1, -0.05) is 25.4 Å². The lowest BCUT2D eigenvalue weighted by Gasteiger charge is -2.10. The predicted molar refractivity (Wildman–Crippen MR) is 72.5 cm³/mol. The summed E-state index contributed by atoms with van der Waals surface area (Å²) >= 11 is 7.77. The van der Waals surface area contributed by atoms with Crippen LogP contribution in [0.5, 0.6) is 0 Å². The fourth-order valence-corrected chi connectivity index (χ4v) is 1.79. The minimum atomic E-state index is 0.507. The van der Waals surface area contributed by atoms with Crippen LogP contribution in [-0.4, -0.2) is 28.0 Å². The summed E-state index contributed by atoms with van der Waals surface area (Å²) in [7, 11) is 0. The van der Waals surface area contributed by atoms with Gasteiger partial charge in [0.2, 0.25) is 0 Å². The van der Waals surface area contributed by atoms with Crippen LogP contribution in [0.2, 0.25) is 5.15 Å². The molecule has 0 saturated heterocycles. The molecule has 0 saturated carbocycles. The molecular formula is C11H18ClN3S. The van der Waals surface area contributed by atoms with Crippen LogP contribution in [0, 0.1) is 0 Å². The van der Waals surface area contributed by atoms with Gasteiger partial charge in [0.25, 0.3) is 0 Å². The van der Waals surface area contributed by atoms with Crippen LogP contribution in [-0.2, 0) is 6.42 Å². The second-order valence-corrected chi connectivity index (χ2v) is 5.27. The lowest BCUT2D eigenvalue weighted by molar-refractivity contribution is 0.844. The highest BCUT2D eigenvalue weighted by Crippen LogP contribution is 2.13. The van der Waals surface area contributed by atoms with Crippen molar-refractivity contribution in [3.63, 3.8) is 0 Å². The highest BCUT2D eigenvalue weighted by Gasteiger charge is 2.02. The van der Waals surface area contributed by atoms with Crippen molar-refractivity contribution in [3.05, 3.63) is 17.0 Å². The second-order valence-electron chi connectivity index (χ2n) is 3.61. The van der Waals surface area contributed by atoms with Crippen LogP contribution in [0.4, 0.5) is 5.82 Å². The molecule has 16 heavy (non-hydrogen) atoms. The minimum absolute atomic E-state index is 0.507. The molecule has 1 heterocycles. The first kappa shape index (κ1) is 13.6. The highest BCUT2D eigenvalue weighted by atomic mass is 35.5. The first-order valence-corrected chi connectivity index (χ1v) is 7.12. The van der Waals surface area contributed by atoms with E-state index in [1.807, 2.05) is 18.7 Å². The Hall–Kier alpha value is -0.480. The van der Waals surface area contributed by atoms with Crippen molar-refractivity contribution in [2.45, 2.75) is 31.9 Å². The number of hydrogen-bond donors (Lipinski definition) is 1. The zero-order valence-corrected chi connectivity index (χ0v) is 11.5. The van der Waals surface area contributed by atoms with Gasteiger partial charge in [-0.25, -0.2) is 9.97 Å². The van der Waals surface area contributed by atoms with E-state index in [2.05, 4.69) is 28.5 Å². The van der Waals surface area contributed by atoms with Crippen molar-refractivity contribution < 1.29 is 0 Å². The largest absolute Gasteiger partial charge is 0.370 e. The van der Waals surface area contributed by atoms with Gasteiger partial charge in [-0.3, -0.25) is 0 Å². The molecule has 0 bridgehead atoms. The first-order valence-electron chi connectivity index (χ1n) is 5.45. The van der Waals surface area contributed by atoms with Crippen molar-refractivity contribution in [1.82, 2.24) is 9.97 Å². The normalized spacial score (nSPS) is 12.5. The standard InChI is InChI=1S/C11H18ClN3S/c1-4-10-14-9(12)7-11(15-10)13-6-5-8(2)16-3/h7-8H,4-6H2,1-3H3,(H,13,14,15). The summed E-state index contributed by atoms with van der Waals surface area (Å²) < 4.78 is 0. The molecule has 1 rings (SSSR count). The summed E-state index contributed by atoms with van der Waals surface area (Å²) in [4.78, 5) is 8.48. The fourth-order valence-electron chi connectivity index (χ4n) is 1.23. The average Bonchev–Trinajstić information content (AvgIpc) is 2.28. The lowest BCUT2D eigenvalue weighted by Crippen LogP contribution is -2.09. The van der Waals surface area contributed by atoms with Gasteiger partial charge in [0.15, 0.2) is 0 Å². The molecule has 0 aliphatic rings. The van der Waals surface area contributed by atoms with Crippen LogP contribution >= 0.6 is 23.4 Å². The summed E-state index contributed by atoms with van der Waals surface area (Å²) in [6.07, 6.45) is 4.04. The quantitative estimate of drug-likeness (QED) is 0.796. The van der Waals surface area contributed by atoms with Gasteiger partial charge >= 0.3 is 0 Å². The fraction of sp³-hybridized carbons (Fsp3) is 0.636. The molecule has 1 aromatic rings. The van der Waals surface area contributed by atoms with Gasteiger partial charge in [-0.15, -0.1) is 0 Å². The van der Waals surface area contributed by atoms with Gasteiger partial charge in [-0.2, -0.15) is 11.8 Å². The molecule has 1 aromatic heterocycles. The Morgan fingerprint density at radius 2 is 2.25 bits per heavy atom. The lowest BCUT2D eigenvalue weighted by atomic mass is 10.3.